The van der Waals surface area contributed by atoms with Gasteiger partial charge in [0.15, 0.2) is 0 Å². The predicted molar refractivity (Wildman–Crippen MR) is 69.7 cm³/mol. The highest BCUT2D eigenvalue weighted by atomic mass is 19.1. The standard InChI is InChI=1S/C14H20F2N2/c1-8-6-12(16)14(7-11(8)15)18-5-4-13(17)9(2)10(18)3/h6-7,9-10,13H,4-5,17H2,1-3H3. The third kappa shape index (κ3) is 2.21. The van der Waals surface area contributed by atoms with Crippen molar-refractivity contribution in [3.8, 4) is 0 Å². The van der Waals surface area contributed by atoms with Crippen LogP contribution in [0.2, 0.25) is 0 Å². The molecule has 2 N–H and O–H groups in total. The molecule has 0 spiro atoms. The van der Waals surface area contributed by atoms with Crippen LogP contribution in [-0.2, 0) is 0 Å². The number of hydrogen-bond donors (Lipinski definition) is 1. The fraction of sp³-hybridized carbons (Fsp3) is 0.571. The van der Waals surface area contributed by atoms with Crippen LogP contribution in [0.15, 0.2) is 12.1 Å². The Morgan fingerprint density at radius 1 is 1.22 bits per heavy atom. The fourth-order valence-electron chi connectivity index (χ4n) is 2.59. The summed E-state index contributed by atoms with van der Waals surface area (Å²) in [5.41, 5.74) is 6.70. The molecule has 1 saturated heterocycles. The number of hydrogen-bond acceptors (Lipinski definition) is 2. The van der Waals surface area contributed by atoms with Gasteiger partial charge in [-0.05, 0) is 37.8 Å². The van der Waals surface area contributed by atoms with Crippen LogP contribution in [0, 0.1) is 24.5 Å². The van der Waals surface area contributed by atoms with E-state index in [0.29, 0.717) is 17.8 Å². The fourth-order valence-corrected chi connectivity index (χ4v) is 2.59. The van der Waals surface area contributed by atoms with Crippen molar-refractivity contribution >= 4 is 5.69 Å². The first-order valence-corrected chi connectivity index (χ1v) is 6.39. The molecular weight excluding hydrogens is 234 g/mol. The molecule has 3 atom stereocenters. The predicted octanol–water partition coefficient (Wildman–Crippen LogP) is 2.84. The molecule has 0 amide bonds. The summed E-state index contributed by atoms with van der Waals surface area (Å²) in [6, 6.07) is 2.81. The molecule has 1 aliphatic rings. The summed E-state index contributed by atoms with van der Waals surface area (Å²) in [6.07, 6.45) is 0.806. The first-order valence-electron chi connectivity index (χ1n) is 6.39. The Kier molecular flexibility index (Phi) is 3.57. The van der Waals surface area contributed by atoms with Crippen molar-refractivity contribution in [2.24, 2.45) is 11.7 Å². The van der Waals surface area contributed by atoms with Gasteiger partial charge in [-0.2, -0.15) is 0 Å². The number of nitrogens with two attached hydrogens (primary N) is 1. The minimum Gasteiger partial charge on any atom is -0.366 e. The van der Waals surface area contributed by atoms with Crippen molar-refractivity contribution < 1.29 is 8.78 Å². The van der Waals surface area contributed by atoms with Crippen molar-refractivity contribution in [1.29, 1.82) is 0 Å². The smallest absolute Gasteiger partial charge is 0.146 e. The van der Waals surface area contributed by atoms with Gasteiger partial charge < -0.3 is 10.6 Å². The molecule has 0 saturated carbocycles. The van der Waals surface area contributed by atoms with Gasteiger partial charge in [-0.15, -0.1) is 0 Å². The highest BCUT2D eigenvalue weighted by Crippen LogP contribution is 2.31. The lowest BCUT2D eigenvalue weighted by molar-refractivity contribution is 0.313. The Balaban J connectivity index is 2.34. The van der Waals surface area contributed by atoms with Crippen LogP contribution in [0.5, 0.6) is 0 Å². The molecule has 1 heterocycles. The van der Waals surface area contributed by atoms with E-state index in [4.69, 9.17) is 5.73 Å². The highest BCUT2D eigenvalue weighted by Gasteiger charge is 2.31. The molecule has 0 radical (unpaired) electrons. The van der Waals surface area contributed by atoms with Crippen molar-refractivity contribution in [3.63, 3.8) is 0 Å². The van der Waals surface area contributed by atoms with Gasteiger partial charge in [0.25, 0.3) is 0 Å². The Hall–Kier alpha value is -1.16. The summed E-state index contributed by atoms with van der Waals surface area (Å²) in [7, 11) is 0. The Morgan fingerprint density at radius 3 is 2.56 bits per heavy atom. The molecular formula is C14H20F2N2. The van der Waals surface area contributed by atoms with E-state index in [2.05, 4.69) is 6.92 Å². The normalized spacial score (nSPS) is 28.6. The SMILES string of the molecule is Cc1cc(F)c(N2CCC(N)C(C)C2C)cc1F. The van der Waals surface area contributed by atoms with Crippen molar-refractivity contribution in [3.05, 3.63) is 29.3 Å². The zero-order valence-corrected chi connectivity index (χ0v) is 11.1. The minimum absolute atomic E-state index is 0.116. The Bertz CT molecular complexity index is 448. The molecule has 1 fully saturated rings. The summed E-state index contributed by atoms with van der Waals surface area (Å²) in [5.74, 6) is -0.452. The van der Waals surface area contributed by atoms with Crippen LogP contribution >= 0.6 is 0 Å². The van der Waals surface area contributed by atoms with Gasteiger partial charge in [0.05, 0.1) is 5.69 Å². The van der Waals surface area contributed by atoms with Gasteiger partial charge in [0.1, 0.15) is 11.6 Å². The highest BCUT2D eigenvalue weighted by molar-refractivity contribution is 5.51. The van der Waals surface area contributed by atoms with Crippen LogP contribution in [0.25, 0.3) is 0 Å². The van der Waals surface area contributed by atoms with E-state index in [1.807, 2.05) is 11.8 Å². The monoisotopic (exact) mass is 254 g/mol. The van der Waals surface area contributed by atoms with Crippen LogP contribution in [0.3, 0.4) is 0 Å². The first kappa shape index (κ1) is 13.3. The van der Waals surface area contributed by atoms with Gasteiger partial charge in [0.2, 0.25) is 0 Å². The third-order valence-corrected chi connectivity index (χ3v) is 4.17. The molecule has 1 aliphatic heterocycles. The maximum absolute atomic E-state index is 14.0. The van der Waals surface area contributed by atoms with Crippen LogP contribution < -0.4 is 10.6 Å². The molecule has 1 aromatic rings. The average Bonchev–Trinajstić information content (AvgIpc) is 2.32. The summed E-state index contributed by atoms with van der Waals surface area (Å²) in [4.78, 5) is 1.92. The molecule has 2 nitrogen and oxygen atoms in total. The van der Waals surface area contributed by atoms with Crippen molar-refractivity contribution in [2.75, 3.05) is 11.4 Å². The summed E-state index contributed by atoms with van der Waals surface area (Å²) in [6.45, 7) is 6.32. The van der Waals surface area contributed by atoms with E-state index in [-0.39, 0.29) is 29.6 Å². The Labute approximate surface area is 107 Å². The molecule has 3 unspecified atom stereocenters. The number of rotatable bonds is 1. The first-order chi connectivity index (χ1) is 8.41. The quantitative estimate of drug-likeness (QED) is 0.835. The lowest BCUT2D eigenvalue weighted by Gasteiger charge is -2.43. The van der Waals surface area contributed by atoms with Gasteiger partial charge in [-0.3, -0.25) is 0 Å². The maximum atomic E-state index is 14.0. The summed E-state index contributed by atoms with van der Waals surface area (Å²) >= 11 is 0. The van der Waals surface area contributed by atoms with E-state index in [1.54, 1.807) is 6.92 Å². The number of nitrogens with zero attached hydrogens (tertiary/aromatic N) is 1. The van der Waals surface area contributed by atoms with Gasteiger partial charge in [-0.25, -0.2) is 8.78 Å². The molecule has 1 aromatic carbocycles. The second-order valence-corrected chi connectivity index (χ2v) is 5.30. The second kappa shape index (κ2) is 4.84. The van der Waals surface area contributed by atoms with Crippen LogP contribution in [0.1, 0.15) is 25.8 Å². The molecule has 0 bridgehead atoms. The molecule has 100 valence electrons. The molecule has 2 rings (SSSR count). The minimum atomic E-state index is -0.360. The molecule has 4 heteroatoms. The van der Waals surface area contributed by atoms with Crippen molar-refractivity contribution in [1.82, 2.24) is 0 Å². The number of anilines is 1. The average molecular weight is 254 g/mol. The number of aryl methyl sites for hydroxylation is 1. The number of benzene rings is 1. The lowest BCUT2D eigenvalue weighted by atomic mass is 9.87. The zero-order valence-electron chi connectivity index (χ0n) is 11.1. The van der Waals surface area contributed by atoms with Gasteiger partial charge >= 0.3 is 0 Å². The number of halogens is 2. The van der Waals surface area contributed by atoms with Crippen LogP contribution in [-0.4, -0.2) is 18.6 Å². The molecule has 18 heavy (non-hydrogen) atoms. The summed E-state index contributed by atoms with van der Waals surface area (Å²) < 4.78 is 27.6. The van der Waals surface area contributed by atoms with E-state index in [1.165, 1.54) is 12.1 Å². The van der Waals surface area contributed by atoms with E-state index in [9.17, 15) is 8.78 Å². The maximum Gasteiger partial charge on any atom is 0.146 e. The lowest BCUT2D eigenvalue weighted by Crippen LogP contribution is -2.52. The van der Waals surface area contributed by atoms with Gasteiger partial charge in [0, 0.05) is 24.7 Å². The third-order valence-electron chi connectivity index (χ3n) is 4.17. The number of piperidine rings is 1. The zero-order chi connectivity index (χ0) is 13.4. The summed E-state index contributed by atoms with van der Waals surface area (Å²) in [5, 5.41) is 0. The van der Waals surface area contributed by atoms with Crippen molar-refractivity contribution in [2.45, 2.75) is 39.3 Å². The van der Waals surface area contributed by atoms with E-state index < -0.39 is 0 Å². The van der Waals surface area contributed by atoms with Crippen LogP contribution in [0.4, 0.5) is 14.5 Å². The van der Waals surface area contributed by atoms with Gasteiger partial charge in [-0.1, -0.05) is 6.92 Å². The molecule has 0 aliphatic carbocycles. The van der Waals surface area contributed by atoms with E-state index >= 15 is 0 Å². The van der Waals surface area contributed by atoms with E-state index in [0.717, 1.165) is 6.42 Å². The Morgan fingerprint density at radius 2 is 1.89 bits per heavy atom. The largest absolute Gasteiger partial charge is 0.366 e. The second-order valence-electron chi connectivity index (χ2n) is 5.30. The topological polar surface area (TPSA) is 29.3 Å². The molecule has 0 aromatic heterocycles.